The van der Waals surface area contributed by atoms with Gasteiger partial charge in [0.05, 0.1) is 0 Å². The molecule has 254 valence electrons. The Labute approximate surface area is 263 Å². The van der Waals surface area contributed by atoms with Crippen molar-refractivity contribution in [1.29, 1.82) is 0 Å². The maximum atomic E-state index is 12.2. The van der Waals surface area contributed by atoms with Crippen LogP contribution in [0.25, 0.3) is 0 Å². The normalized spacial score (nSPS) is 12.1. The molecule has 4 amide bonds. The minimum atomic E-state index is -1.06. The third kappa shape index (κ3) is 24.3. The third-order valence-corrected chi connectivity index (χ3v) is 7.32. The van der Waals surface area contributed by atoms with Gasteiger partial charge in [0.2, 0.25) is 23.6 Å². The first-order valence-electron chi connectivity index (χ1n) is 16.7. The smallest absolute Gasteiger partial charge is 0.326 e. The molecule has 0 aromatic heterocycles. The highest BCUT2D eigenvalue weighted by atomic mass is 16.4. The summed E-state index contributed by atoms with van der Waals surface area (Å²) in [6.45, 7) is 5.04. The van der Waals surface area contributed by atoms with Gasteiger partial charge in [0.1, 0.15) is 12.1 Å². The second-order valence-electron chi connectivity index (χ2n) is 11.4. The molecule has 0 saturated heterocycles. The van der Waals surface area contributed by atoms with Crippen LogP contribution < -0.4 is 21.3 Å². The number of carbonyl (C=O) groups is 6. The zero-order valence-electron chi connectivity index (χ0n) is 27.1. The van der Waals surface area contributed by atoms with Gasteiger partial charge in [0, 0.05) is 38.8 Å². The summed E-state index contributed by atoms with van der Waals surface area (Å²) in [6, 6.07) is -1.87. The Hall–Kier alpha value is -3.18. The van der Waals surface area contributed by atoms with Crippen LogP contribution in [-0.4, -0.2) is 71.0 Å². The van der Waals surface area contributed by atoms with Gasteiger partial charge in [-0.25, -0.2) is 9.59 Å². The van der Waals surface area contributed by atoms with E-state index < -0.39 is 24.0 Å². The van der Waals surface area contributed by atoms with Crippen molar-refractivity contribution in [3.8, 4) is 0 Å². The average molecular weight is 627 g/mol. The molecule has 44 heavy (non-hydrogen) atoms. The molecule has 0 unspecified atom stereocenters. The molecule has 0 heterocycles. The number of rotatable bonds is 29. The lowest BCUT2D eigenvalue weighted by atomic mass is 10.1. The van der Waals surface area contributed by atoms with Crippen molar-refractivity contribution in [2.75, 3.05) is 13.1 Å². The number of carboxylic acid groups (broad SMARTS) is 2. The van der Waals surface area contributed by atoms with E-state index in [2.05, 4.69) is 21.3 Å². The summed E-state index contributed by atoms with van der Waals surface area (Å²) in [5.41, 5.74) is 0. The van der Waals surface area contributed by atoms with E-state index in [1.54, 1.807) is 0 Å². The zero-order valence-corrected chi connectivity index (χ0v) is 27.1. The van der Waals surface area contributed by atoms with Crippen molar-refractivity contribution in [3.63, 3.8) is 0 Å². The fourth-order valence-corrected chi connectivity index (χ4v) is 4.58. The SMILES string of the molecule is CCCCC(=O)NCCCC[C@@H](NC(=O)CCCCCCCCC(=O)N[C@H](CCCCNC(=O)CCCC)C(=O)O)C(=O)O. The molecule has 0 rings (SSSR count). The molecule has 12 nitrogen and oxygen atoms in total. The molecule has 0 aliphatic heterocycles. The lowest BCUT2D eigenvalue weighted by Crippen LogP contribution is -2.40. The van der Waals surface area contributed by atoms with E-state index in [-0.39, 0.29) is 36.5 Å². The quantitative estimate of drug-likeness (QED) is 0.0666. The minimum Gasteiger partial charge on any atom is -0.480 e. The van der Waals surface area contributed by atoms with Gasteiger partial charge in [-0.05, 0) is 64.2 Å². The van der Waals surface area contributed by atoms with E-state index in [0.29, 0.717) is 77.3 Å². The van der Waals surface area contributed by atoms with Crippen molar-refractivity contribution < 1.29 is 39.0 Å². The molecule has 0 aromatic carbocycles. The first kappa shape index (κ1) is 40.8. The maximum Gasteiger partial charge on any atom is 0.326 e. The number of carboxylic acids is 2. The van der Waals surface area contributed by atoms with Crippen LogP contribution in [0.2, 0.25) is 0 Å². The summed E-state index contributed by atoms with van der Waals surface area (Å²) in [7, 11) is 0. The van der Waals surface area contributed by atoms with Crippen LogP contribution in [-0.2, 0) is 28.8 Å². The Balaban J connectivity index is 3.94. The van der Waals surface area contributed by atoms with Gasteiger partial charge < -0.3 is 31.5 Å². The van der Waals surface area contributed by atoms with Gasteiger partial charge >= 0.3 is 11.9 Å². The average Bonchev–Trinajstić information content (AvgIpc) is 2.98. The van der Waals surface area contributed by atoms with Gasteiger partial charge in [-0.2, -0.15) is 0 Å². The van der Waals surface area contributed by atoms with Crippen LogP contribution in [0.1, 0.15) is 142 Å². The molecule has 2 atom stereocenters. The van der Waals surface area contributed by atoms with E-state index >= 15 is 0 Å². The maximum absolute atomic E-state index is 12.2. The van der Waals surface area contributed by atoms with E-state index in [0.717, 1.165) is 51.4 Å². The zero-order chi connectivity index (χ0) is 33.0. The van der Waals surface area contributed by atoms with Crippen LogP contribution in [0.5, 0.6) is 0 Å². The summed E-state index contributed by atoms with van der Waals surface area (Å²) in [5.74, 6) is -2.68. The van der Waals surface area contributed by atoms with Crippen LogP contribution in [0.3, 0.4) is 0 Å². The van der Waals surface area contributed by atoms with E-state index in [9.17, 15) is 39.0 Å². The topological polar surface area (TPSA) is 191 Å². The predicted octanol–water partition coefficient (Wildman–Crippen LogP) is 4.20. The minimum absolute atomic E-state index is 0.00834. The second kappa shape index (κ2) is 27.4. The summed E-state index contributed by atoms with van der Waals surface area (Å²) in [5, 5.41) is 29.7. The summed E-state index contributed by atoms with van der Waals surface area (Å²) in [6.07, 6.45) is 12.9. The van der Waals surface area contributed by atoms with Crippen molar-refractivity contribution in [2.24, 2.45) is 0 Å². The molecule has 12 heteroatoms. The molecule has 0 spiro atoms. The Morgan fingerprint density at radius 3 is 1.14 bits per heavy atom. The van der Waals surface area contributed by atoms with Crippen molar-refractivity contribution in [2.45, 2.75) is 154 Å². The van der Waals surface area contributed by atoms with Gasteiger partial charge in [0.25, 0.3) is 0 Å². The van der Waals surface area contributed by atoms with Crippen LogP contribution in [0, 0.1) is 0 Å². The summed E-state index contributed by atoms with van der Waals surface area (Å²) >= 11 is 0. The molecule has 6 N–H and O–H groups in total. The van der Waals surface area contributed by atoms with Crippen LogP contribution in [0.4, 0.5) is 0 Å². The lowest BCUT2D eigenvalue weighted by molar-refractivity contribution is -0.142. The number of hydrogen-bond donors (Lipinski definition) is 6. The van der Waals surface area contributed by atoms with Gasteiger partial charge in [-0.1, -0.05) is 52.4 Å². The fraction of sp³-hybridized carbons (Fsp3) is 0.812. The number of hydrogen-bond acceptors (Lipinski definition) is 6. The molecule has 0 fully saturated rings. The predicted molar refractivity (Wildman–Crippen MR) is 169 cm³/mol. The molecule has 0 saturated carbocycles. The standard InChI is InChI=1S/C32H58N4O8/c1-3-5-19-27(37)33-23-15-13-17-25(31(41)42)35-29(39)21-11-9-7-8-10-12-22-30(40)36-26(32(43)44)18-14-16-24-34-28(38)20-6-4-2/h25-26H,3-24H2,1-2H3,(H,33,37)(H,34,38)(H,35,39)(H,36,40)(H,41,42)(H,43,44)/t25-,26-/m1/s1. The largest absolute Gasteiger partial charge is 0.480 e. The lowest BCUT2D eigenvalue weighted by Gasteiger charge is -2.15. The first-order chi connectivity index (χ1) is 21.1. The van der Waals surface area contributed by atoms with Crippen molar-refractivity contribution in [1.82, 2.24) is 21.3 Å². The highest BCUT2D eigenvalue weighted by Crippen LogP contribution is 2.10. The van der Waals surface area contributed by atoms with Gasteiger partial charge in [-0.3, -0.25) is 19.2 Å². The Morgan fingerprint density at radius 1 is 0.455 bits per heavy atom. The van der Waals surface area contributed by atoms with Crippen LogP contribution in [0.15, 0.2) is 0 Å². The molecule has 0 aliphatic carbocycles. The molecule has 0 radical (unpaired) electrons. The molecule has 0 bridgehead atoms. The molecule has 0 aliphatic rings. The van der Waals surface area contributed by atoms with Crippen LogP contribution >= 0.6 is 0 Å². The van der Waals surface area contributed by atoms with Gasteiger partial charge in [0.15, 0.2) is 0 Å². The Kier molecular flexibility index (Phi) is 25.4. The molecular formula is C32H58N4O8. The summed E-state index contributed by atoms with van der Waals surface area (Å²) < 4.78 is 0. The number of nitrogens with one attached hydrogen (secondary N) is 4. The highest BCUT2D eigenvalue weighted by Gasteiger charge is 2.20. The number of aliphatic carboxylic acids is 2. The Morgan fingerprint density at radius 2 is 0.795 bits per heavy atom. The molecular weight excluding hydrogens is 568 g/mol. The summed E-state index contributed by atoms with van der Waals surface area (Å²) in [4.78, 5) is 70.6. The molecule has 0 aromatic rings. The number of carbonyl (C=O) groups excluding carboxylic acids is 4. The monoisotopic (exact) mass is 626 g/mol. The van der Waals surface area contributed by atoms with Crippen molar-refractivity contribution >= 4 is 35.6 Å². The van der Waals surface area contributed by atoms with E-state index in [1.807, 2.05) is 13.8 Å². The van der Waals surface area contributed by atoms with Crippen molar-refractivity contribution in [3.05, 3.63) is 0 Å². The number of amides is 4. The number of unbranched alkanes of at least 4 members (excludes halogenated alkanes) is 9. The van der Waals surface area contributed by atoms with E-state index in [1.165, 1.54) is 0 Å². The first-order valence-corrected chi connectivity index (χ1v) is 16.7. The Bertz CT molecular complexity index is 784. The van der Waals surface area contributed by atoms with E-state index in [4.69, 9.17) is 0 Å². The highest BCUT2D eigenvalue weighted by molar-refractivity contribution is 5.84. The third-order valence-electron chi connectivity index (χ3n) is 7.32. The fourth-order valence-electron chi connectivity index (χ4n) is 4.58. The second-order valence-corrected chi connectivity index (χ2v) is 11.4. The van der Waals surface area contributed by atoms with Gasteiger partial charge in [-0.15, -0.1) is 0 Å².